The summed E-state index contributed by atoms with van der Waals surface area (Å²) in [4.78, 5) is 23.0. The summed E-state index contributed by atoms with van der Waals surface area (Å²) in [6, 6.07) is 11.0. The molecule has 0 N–H and O–H groups in total. The Morgan fingerprint density at radius 2 is 1.89 bits per heavy atom. The normalized spacial score (nSPS) is 21.9. The summed E-state index contributed by atoms with van der Waals surface area (Å²) in [6.07, 6.45) is 3.89. The number of anilines is 1. The van der Waals surface area contributed by atoms with Crippen LogP contribution in [0.2, 0.25) is 0 Å². The van der Waals surface area contributed by atoms with Gasteiger partial charge in [-0.25, -0.2) is 9.78 Å². The zero-order valence-corrected chi connectivity index (χ0v) is 22.3. The van der Waals surface area contributed by atoms with Crippen LogP contribution < -0.4 is 10.6 Å². The van der Waals surface area contributed by atoms with E-state index in [-0.39, 0.29) is 17.1 Å². The molecule has 1 unspecified atom stereocenters. The maximum atomic E-state index is 13.5. The predicted octanol–water partition coefficient (Wildman–Crippen LogP) is 3.47. The molecule has 1 aromatic carbocycles. The minimum atomic E-state index is -0.176. The van der Waals surface area contributed by atoms with Crippen LogP contribution in [0.25, 0.3) is 33.2 Å². The van der Waals surface area contributed by atoms with Gasteiger partial charge in [-0.1, -0.05) is 19.9 Å². The molecule has 2 atom stereocenters. The van der Waals surface area contributed by atoms with Crippen LogP contribution in [-0.2, 0) is 11.8 Å². The van der Waals surface area contributed by atoms with Gasteiger partial charge in [-0.2, -0.15) is 0 Å². The van der Waals surface area contributed by atoms with Gasteiger partial charge in [0.15, 0.2) is 5.65 Å². The van der Waals surface area contributed by atoms with E-state index in [1.807, 2.05) is 16.8 Å². The number of fused-ring (bicyclic) bond motifs is 3. The van der Waals surface area contributed by atoms with Crippen molar-refractivity contribution in [3.05, 3.63) is 47.0 Å². The number of ether oxygens (including phenoxy) is 1. The van der Waals surface area contributed by atoms with Gasteiger partial charge in [0.2, 0.25) is 0 Å². The van der Waals surface area contributed by atoms with E-state index in [1.54, 1.807) is 11.6 Å². The third-order valence-electron chi connectivity index (χ3n) is 8.29. The standard InChI is InChI=1S/C28H35N7O2/c1-28(2)17-37-13-11-23(28)35-25-21-14-18(6-8-22(21)30-31-26(25)33(5)27(35)36)19-7-9-24(29-15-19)34-12-10-20(16-34)32(3)4/h6-9,14-15,20,23H,10-13,16-17H2,1-5H3/t20-,23?/m1/s1. The Morgan fingerprint density at radius 3 is 2.59 bits per heavy atom. The molecular formula is C28H35N7O2. The second kappa shape index (κ2) is 8.92. The summed E-state index contributed by atoms with van der Waals surface area (Å²) >= 11 is 0. The third kappa shape index (κ3) is 4.01. The van der Waals surface area contributed by atoms with Gasteiger partial charge in [0.25, 0.3) is 0 Å². The van der Waals surface area contributed by atoms with Gasteiger partial charge in [0.1, 0.15) is 11.3 Å². The van der Waals surface area contributed by atoms with Crippen molar-refractivity contribution < 1.29 is 4.74 Å². The number of hydrogen-bond acceptors (Lipinski definition) is 7. The number of nitrogens with zero attached hydrogens (tertiary/aromatic N) is 7. The van der Waals surface area contributed by atoms with Crippen molar-refractivity contribution in [2.24, 2.45) is 12.5 Å². The summed E-state index contributed by atoms with van der Waals surface area (Å²) in [6.45, 7) is 7.61. The van der Waals surface area contributed by atoms with Crippen LogP contribution >= 0.6 is 0 Å². The van der Waals surface area contributed by atoms with E-state index < -0.39 is 0 Å². The smallest absolute Gasteiger partial charge is 0.330 e. The minimum Gasteiger partial charge on any atom is -0.381 e. The van der Waals surface area contributed by atoms with Crippen LogP contribution in [0, 0.1) is 5.41 Å². The maximum Gasteiger partial charge on any atom is 0.330 e. The summed E-state index contributed by atoms with van der Waals surface area (Å²) in [5.41, 5.74) is 4.07. The highest BCUT2D eigenvalue weighted by Crippen LogP contribution is 2.39. The molecule has 37 heavy (non-hydrogen) atoms. The molecule has 4 aromatic rings. The molecule has 0 saturated carbocycles. The fourth-order valence-electron chi connectivity index (χ4n) is 5.97. The summed E-state index contributed by atoms with van der Waals surface area (Å²) in [7, 11) is 6.06. The van der Waals surface area contributed by atoms with Gasteiger partial charge in [-0.15, -0.1) is 10.2 Å². The monoisotopic (exact) mass is 501 g/mol. The van der Waals surface area contributed by atoms with Gasteiger partial charge in [-0.3, -0.25) is 9.13 Å². The lowest BCUT2D eigenvalue weighted by molar-refractivity contribution is -0.0253. The number of aryl methyl sites for hydroxylation is 1. The molecule has 6 rings (SSSR count). The molecule has 3 aromatic heterocycles. The molecule has 0 radical (unpaired) electrons. The average Bonchev–Trinajstić information content (AvgIpc) is 3.48. The highest BCUT2D eigenvalue weighted by Gasteiger charge is 2.37. The Balaban J connectivity index is 1.43. The van der Waals surface area contributed by atoms with Gasteiger partial charge in [0.05, 0.1) is 12.1 Å². The van der Waals surface area contributed by atoms with E-state index >= 15 is 0 Å². The second-order valence-corrected chi connectivity index (χ2v) is 11.4. The average molecular weight is 502 g/mol. The predicted molar refractivity (Wildman–Crippen MR) is 146 cm³/mol. The molecule has 0 aliphatic carbocycles. The molecule has 9 heteroatoms. The summed E-state index contributed by atoms with van der Waals surface area (Å²) in [5.74, 6) is 1.01. The van der Waals surface area contributed by atoms with Crippen molar-refractivity contribution in [1.29, 1.82) is 0 Å². The molecular weight excluding hydrogens is 466 g/mol. The van der Waals surface area contributed by atoms with E-state index in [0.29, 0.717) is 24.9 Å². The lowest BCUT2D eigenvalue weighted by Gasteiger charge is -2.38. The zero-order chi connectivity index (χ0) is 25.9. The van der Waals surface area contributed by atoms with Crippen molar-refractivity contribution >= 4 is 27.9 Å². The quantitative estimate of drug-likeness (QED) is 0.424. The number of rotatable bonds is 4. The van der Waals surface area contributed by atoms with Gasteiger partial charge < -0.3 is 14.5 Å². The van der Waals surface area contributed by atoms with E-state index in [4.69, 9.17) is 9.72 Å². The van der Waals surface area contributed by atoms with Gasteiger partial charge in [0, 0.05) is 61.4 Å². The van der Waals surface area contributed by atoms with Crippen LogP contribution in [0.3, 0.4) is 0 Å². The second-order valence-electron chi connectivity index (χ2n) is 11.4. The zero-order valence-electron chi connectivity index (χ0n) is 22.3. The Labute approximate surface area is 216 Å². The third-order valence-corrected chi connectivity index (χ3v) is 8.29. The lowest BCUT2D eigenvalue weighted by Crippen LogP contribution is -2.41. The molecule has 0 spiro atoms. The Morgan fingerprint density at radius 1 is 1.08 bits per heavy atom. The first-order valence-corrected chi connectivity index (χ1v) is 13.1. The first kappa shape index (κ1) is 24.1. The number of aromatic nitrogens is 5. The molecule has 2 fully saturated rings. The molecule has 9 nitrogen and oxygen atoms in total. The number of hydrogen-bond donors (Lipinski definition) is 0. The molecule has 2 aliphatic rings. The van der Waals surface area contributed by atoms with E-state index in [9.17, 15) is 4.79 Å². The van der Waals surface area contributed by atoms with Crippen molar-refractivity contribution in [3.63, 3.8) is 0 Å². The van der Waals surface area contributed by atoms with Crippen LogP contribution in [0.15, 0.2) is 41.3 Å². The fraction of sp³-hybridized carbons (Fsp3) is 0.500. The number of benzene rings is 1. The van der Waals surface area contributed by atoms with Crippen molar-refractivity contribution in [2.45, 2.75) is 38.8 Å². The minimum absolute atomic E-state index is 0.0147. The Bertz CT molecular complexity index is 1520. The molecule has 2 saturated heterocycles. The van der Waals surface area contributed by atoms with E-state index in [1.165, 1.54) is 0 Å². The molecule has 194 valence electrons. The van der Waals surface area contributed by atoms with Crippen molar-refractivity contribution in [1.82, 2.24) is 29.2 Å². The topological polar surface area (TPSA) is 81.3 Å². The molecule has 2 aliphatic heterocycles. The van der Waals surface area contributed by atoms with E-state index in [0.717, 1.165) is 59.3 Å². The number of pyridine rings is 1. The van der Waals surface area contributed by atoms with Crippen LogP contribution in [0.4, 0.5) is 5.82 Å². The highest BCUT2D eigenvalue weighted by molar-refractivity contribution is 6.02. The SMILES string of the molecule is CN(C)[C@@H]1CCN(c2ccc(-c3ccc4nnc5c(c4c3)n(C3CCOCC3(C)C)c(=O)n5C)cn2)C1. The Kier molecular flexibility index (Phi) is 5.80. The molecule has 0 bridgehead atoms. The highest BCUT2D eigenvalue weighted by atomic mass is 16.5. The lowest BCUT2D eigenvalue weighted by atomic mass is 9.81. The largest absolute Gasteiger partial charge is 0.381 e. The van der Waals surface area contributed by atoms with Crippen LogP contribution in [-0.4, -0.2) is 75.7 Å². The Hall–Kier alpha value is -3.30. The summed E-state index contributed by atoms with van der Waals surface area (Å²) in [5, 5.41) is 9.83. The number of imidazole rings is 1. The number of likely N-dealkylation sites (N-methyl/N-ethyl adjacent to an activating group) is 1. The fourth-order valence-corrected chi connectivity index (χ4v) is 5.97. The van der Waals surface area contributed by atoms with E-state index in [2.05, 4.69) is 72.2 Å². The van der Waals surface area contributed by atoms with Gasteiger partial charge in [-0.05, 0) is 56.8 Å². The summed E-state index contributed by atoms with van der Waals surface area (Å²) < 4.78 is 9.32. The van der Waals surface area contributed by atoms with Crippen LogP contribution in [0.5, 0.6) is 0 Å². The maximum absolute atomic E-state index is 13.5. The van der Waals surface area contributed by atoms with Gasteiger partial charge >= 0.3 is 5.69 Å². The van der Waals surface area contributed by atoms with Crippen LogP contribution in [0.1, 0.15) is 32.7 Å². The first-order valence-electron chi connectivity index (χ1n) is 13.1. The van der Waals surface area contributed by atoms with Crippen molar-refractivity contribution in [2.75, 3.05) is 45.3 Å². The first-order chi connectivity index (χ1) is 17.7. The molecule has 5 heterocycles. The van der Waals surface area contributed by atoms with Crippen molar-refractivity contribution in [3.8, 4) is 11.1 Å². The molecule has 0 amide bonds.